The lowest BCUT2D eigenvalue weighted by Gasteiger charge is -2.33. The highest BCUT2D eigenvalue weighted by atomic mass is 35.5. The molecule has 3 heterocycles. The first kappa shape index (κ1) is 21.9. The highest BCUT2D eigenvalue weighted by molar-refractivity contribution is 6.34. The minimum atomic E-state index is -0.244. The minimum Gasteiger partial charge on any atom is -0.439 e. The number of rotatable bonds is 2. The number of fused-ring (bicyclic) bond motifs is 3. The molecule has 0 bridgehead atoms. The number of nitrogens with zero attached hydrogens (tertiary/aromatic N) is 3. The van der Waals surface area contributed by atoms with Gasteiger partial charge in [0.2, 0.25) is 11.8 Å². The normalized spacial score (nSPS) is 19.2. The van der Waals surface area contributed by atoms with Crippen molar-refractivity contribution in [3.8, 4) is 0 Å². The van der Waals surface area contributed by atoms with Crippen molar-refractivity contribution in [2.45, 2.75) is 52.0 Å². The smallest absolute Gasteiger partial charge is 0.319 e. The first-order chi connectivity index (χ1) is 15.0. The summed E-state index contributed by atoms with van der Waals surface area (Å²) in [4.78, 5) is 32.6. The van der Waals surface area contributed by atoms with E-state index in [1.54, 1.807) is 13.0 Å². The molecule has 2 aliphatic heterocycles. The molecule has 1 saturated heterocycles. The van der Waals surface area contributed by atoms with Crippen LogP contribution in [0.25, 0.3) is 11.1 Å². The van der Waals surface area contributed by atoms with Crippen LogP contribution in [0.4, 0.5) is 10.5 Å². The molecule has 168 valence electrons. The zero-order chi connectivity index (χ0) is 21.8. The van der Waals surface area contributed by atoms with Crippen LogP contribution in [-0.2, 0) is 17.8 Å². The first-order valence-corrected chi connectivity index (χ1v) is 11.5. The summed E-state index contributed by atoms with van der Waals surface area (Å²) in [6.07, 6.45) is 6.16. The number of piperazine rings is 1. The molecule has 8 nitrogen and oxygen atoms in total. The summed E-state index contributed by atoms with van der Waals surface area (Å²) < 4.78 is 6.19. The third-order valence-corrected chi connectivity index (χ3v) is 6.38. The van der Waals surface area contributed by atoms with E-state index in [1.807, 2.05) is 4.90 Å². The molecule has 0 saturated carbocycles. The molecule has 0 unspecified atom stereocenters. The molecule has 2 N–H and O–H groups in total. The second-order valence-corrected chi connectivity index (χ2v) is 8.76. The number of carbonyl (C=O) groups is 2. The van der Waals surface area contributed by atoms with E-state index in [2.05, 4.69) is 20.5 Å². The summed E-state index contributed by atoms with van der Waals surface area (Å²) in [6.45, 7) is 5.87. The van der Waals surface area contributed by atoms with Crippen LogP contribution < -0.4 is 10.6 Å². The summed E-state index contributed by atoms with van der Waals surface area (Å²) in [5.74, 6) is 0.746. The zero-order valence-corrected chi connectivity index (χ0v) is 18.8. The van der Waals surface area contributed by atoms with Crippen LogP contribution in [-0.4, -0.2) is 59.4 Å². The Morgan fingerprint density at radius 3 is 2.68 bits per heavy atom. The molecule has 3 amide bonds. The molecule has 0 aliphatic carbocycles. The molecule has 1 aromatic carbocycles. The van der Waals surface area contributed by atoms with Gasteiger partial charge in [-0.2, -0.15) is 0 Å². The van der Waals surface area contributed by atoms with Crippen molar-refractivity contribution < 1.29 is 14.0 Å². The highest BCUT2D eigenvalue weighted by Gasteiger charge is 2.23. The van der Waals surface area contributed by atoms with E-state index in [1.165, 1.54) is 0 Å². The molecule has 1 fully saturated rings. The predicted molar refractivity (Wildman–Crippen MR) is 120 cm³/mol. The van der Waals surface area contributed by atoms with Crippen molar-refractivity contribution >= 4 is 40.3 Å². The number of hydrogen-bond acceptors (Lipinski definition) is 5. The SMILES string of the molecule is CC(=O)N1CCN(Cc2nc3cc(Cl)c4c(c3o2)CCCCCCCNC(=O)N4)CC1. The number of halogens is 1. The van der Waals surface area contributed by atoms with Crippen molar-refractivity contribution in [2.24, 2.45) is 0 Å². The van der Waals surface area contributed by atoms with Gasteiger partial charge in [-0.3, -0.25) is 9.69 Å². The Bertz CT molecular complexity index is 952. The maximum atomic E-state index is 12.3. The van der Waals surface area contributed by atoms with Crippen LogP contribution in [0.1, 0.15) is 50.5 Å². The molecule has 31 heavy (non-hydrogen) atoms. The van der Waals surface area contributed by atoms with Crippen molar-refractivity contribution in [3.63, 3.8) is 0 Å². The monoisotopic (exact) mass is 447 g/mol. The van der Waals surface area contributed by atoms with E-state index < -0.39 is 0 Å². The summed E-state index contributed by atoms with van der Waals surface area (Å²) >= 11 is 6.55. The van der Waals surface area contributed by atoms with E-state index in [4.69, 9.17) is 16.0 Å². The Morgan fingerprint density at radius 2 is 1.90 bits per heavy atom. The van der Waals surface area contributed by atoms with Crippen LogP contribution in [0.5, 0.6) is 0 Å². The summed E-state index contributed by atoms with van der Waals surface area (Å²) in [5, 5.41) is 6.30. The van der Waals surface area contributed by atoms with Crippen LogP contribution >= 0.6 is 11.6 Å². The molecule has 2 aliphatic rings. The summed E-state index contributed by atoms with van der Waals surface area (Å²) in [6, 6.07) is 1.52. The fraction of sp³-hybridized carbons (Fsp3) is 0.591. The van der Waals surface area contributed by atoms with Crippen LogP contribution in [0, 0.1) is 0 Å². The number of amides is 3. The van der Waals surface area contributed by atoms with E-state index in [-0.39, 0.29) is 11.9 Å². The van der Waals surface area contributed by atoms with Gasteiger partial charge in [0.1, 0.15) is 5.52 Å². The minimum absolute atomic E-state index is 0.115. The Morgan fingerprint density at radius 1 is 1.16 bits per heavy atom. The first-order valence-electron chi connectivity index (χ1n) is 11.1. The van der Waals surface area contributed by atoms with Crippen molar-refractivity contribution in [1.29, 1.82) is 0 Å². The molecule has 2 aromatic rings. The maximum absolute atomic E-state index is 12.3. The third-order valence-electron chi connectivity index (χ3n) is 6.08. The van der Waals surface area contributed by atoms with Crippen molar-refractivity contribution in [1.82, 2.24) is 20.1 Å². The standard InChI is InChI=1S/C22H30ClN5O3/c1-15(29)28-11-9-27(10-12-28)14-19-25-18-13-17(23)20-16(21(18)31-19)7-5-3-2-4-6-8-24-22(30)26-20/h13H,2-12,14H2,1H3,(H2,24,26,30). The second-order valence-electron chi connectivity index (χ2n) is 8.35. The van der Waals surface area contributed by atoms with Crippen molar-refractivity contribution in [2.75, 3.05) is 38.0 Å². The van der Waals surface area contributed by atoms with Gasteiger partial charge in [-0.15, -0.1) is 0 Å². The molecular weight excluding hydrogens is 418 g/mol. The number of urea groups is 1. The quantitative estimate of drug-likeness (QED) is 0.731. The largest absolute Gasteiger partial charge is 0.439 e. The Kier molecular flexibility index (Phi) is 6.97. The number of benzene rings is 1. The number of aryl methyl sites for hydroxylation is 1. The molecule has 0 spiro atoms. The van der Waals surface area contributed by atoms with Gasteiger partial charge >= 0.3 is 6.03 Å². The Hall–Kier alpha value is -2.32. The van der Waals surface area contributed by atoms with Gasteiger partial charge < -0.3 is 20.0 Å². The van der Waals surface area contributed by atoms with Gasteiger partial charge in [0.25, 0.3) is 0 Å². The number of oxazole rings is 1. The molecule has 0 atom stereocenters. The van der Waals surface area contributed by atoms with Gasteiger partial charge in [0, 0.05) is 45.2 Å². The van der Waals surface area contributed by atoms with Gasteiger partial charge in [0.15, 0.2) is 5.58 Å². The Labute approximate surface area is 187 Å². The molecule has 4 rings (SSSR count). The average molecular weight is 448 g/mol. The van der Waals surface area contributed by atoms with Crippen molar-refractivity contribution in [3.05, 3.63) is 22.5 Å². The lowest BCUT2D eigenvalue weighted by molar-refractivity contribution is -0.130. The van der Waals surface area contributed by atoms with Gasteiger partial charge in [0.05, 0.1) is 17.3 Å². The van der Waals surface area contributed by atoms with Crippen LogP contribution in [0.2, 0.25) is 5.02 Å². The third kappa shape index (κ3) is 5.30. The highest BCUT2D eigenvalue weighted by Crippen LogP contribution is 2.35. The van der Waals surface area contributed by atoms with Crippen LogP contribution in [0.15, 0.2) is 10.5 Å². The number of nitrogens with one attached hydrogen (secondary N) is 2. The average Bonchev–Trinajstić information content (AvgIpc) is 3.12. The fourth-order valence-corrected chi connectivity index (χ4v) is 4.58. The van der Waals surface area contributed by atoms with E-state index >= 15 is 0 Å². The molecule has 0 radical (unpaired) electrons. The van der Waals surface area contributed by atoms with Gasteiger partial charge in [-0.25, -0.2) is 9.78 Å². The van der Waals surface area contributed by atoms with E-state index in [0.29, 0.717) is 35.3 Å². The van der Waals surface area contributed by atoms with E-state index in [0.717, 1.165) is 75.8 Å². The number of carbonyl (C=O) groups excluding carboxylic acids is 2. The van der Waals surface area contributed by atoms with Gasteiger partial charge in [-0.1, -0.05) is 30.9 Å². The zero-order valence-electron chi connectivity index (χ0n) is 18.0. The lowest BCUT2D eigenvalue weighted by Crippen LogP contribution is -2.47. The molecular formula is C22H30ClN5O3. The van der Waals surface area contributed by atoms with Gasteiger partial charge in [-0.05, 0) is 25.3 Å². The van der Waals surface area contributed by atoms with Crippen LogP contribution in [0.3, 0.4) is 0 Å². The summed E-state index contributed by atoms with van der Waals surface area (Å²) in [7, 11) is 0. The fourth-order valence-electron chi connectivity index (χ4n) is 4.31. The molecule has 9 heteroatoms. The lowest BCUT2D eigenvalue weighted by atomic mass is 10.0. The maximum Gasteiger partial charge on any atom is 0.319 e. The number of aromatic nitrogens is 1. The number of hydrogen-bond donors (Lipinski definition) is 2. The second kappa shape index (κ2) is 9.87. The van der Waals surface area contributed by atoms with E-state index in [9.17, 15) is 9.59 Å². The topological polar surface area (TPSA) is 90.7 Å². The predicted octanol–water partition coefficient (Wildman–Crippen LogP) is 3.77. The number of anilines is 1. The Balaban J connectivity index is 1.57. The molecule has 1 aromatic heterocycles. The summed E-state index contributed by atoms with van der Waals surface area (Å²) in [5.41, 5.74) is 2.95.